The molecular formula is C19H24N4O2. The van der Waals surface area contributed by atoms with Gasteiger partial charge in [-0.2, -0.15) is 0 Å². The van der Waals surface area contributed by atoms with Gasteiger partial charge >= 0.3 is 0 Å². The zero-order valence-corrected chi connectivity index (χ0v) is 14.4. The van der Waals surface area contributed by atoms with Crippen molar-refractivity contribution in [3.8, 4) is 5.75 Å². The van der Waals surface area contributed by atoms with Crippen molar-refractivity contribution in [2.45, 2.75) is 0 Å². The van der Waals surface area contributed by atoms with Gasteiger partial charge in [0.05, 0.1) is 11.4 Å². The van der Waals surface area contributed by atoms with E-state index in [0.29, 0.717) is 11.4 Å². The highest BCUT2D eigenvalue weighted by atomic mass is 16.5. The fraction of sp³-hybridized carbons (Fsp3) is 0.316. The van der Waals surface area contributed by atoms with Crippen molar-refractivity contribution in [1.82, 2.24) is 4.90 Å². The standard InChI is InChI=1S/C19H24N4O2/c1-22-9-11-23(12-10-22)18-8-7-15(20)13-17(18)21-19(24)14-25-16-5-3-2-4-6-16/h2-8,13H,9-12,14,20H2,1H3,(H,21,24). The Labute approximate surface area is 148 Å². The van der Waals surface area contributed by atoms with E-state index in [1.54, 1.807) is 6.07 Å². The molecule has 25 heavy (non-hydrogen) atoms. The van der Waals surface area contributed by atoms with Gasteiger partial charge in [0.1, 0.15) is 5.75 Å². The Morgan fingerprint density at radius 2 is 1.84 bits per heavy atom. The minimum absolute atomic E-state index is 0.0407. The van der Waals surface area contributed by atoms with Crippen LogP contribution in [0.2, 0.25) is 0 Å². The number of piperazine rings is 1. The lowest BCUT2D eigenvalue weighted by Gasteiger charge is -2.35. The third-order valence-corrected chi connectivity index (χ3v) is 4.25. The molecule has 0 saturated carbocycles. The molecule has 6 heteroatoms. The molecular weight excluding hydrogens is 316 g/mol. The summed E-state index contributed by atoms with van der Waals surface area (Å²) in [5, 5.41) is 2.93. The van der Waals surface area contributed by atoms with Crippen molar-refractivity contribution >= 4 is 23.0 Å². The van der Waals surface area contributed by atoms with E-state index in [4.69, 9.17) is 10.5 Å². The number of rotatable bonds is 5. The zero-order chi connectivity index (χ0) is 17.6. The molecule has 1 aliphatic rings. The second kappa shape index (κ2) is 7.90. The lowest BCUT2D eigenvalue weighted by atomic mass is 10.2. The highest BCUT2D eigenvalue weighted by Gasteiger charge is 2.18. The molecule has 1 aliphatic heterocycles. The molecule has 0 aromatic heterocycles. The Morgan fingerprint density at radius 1 is 1.12 bits per heavy atom. The van der Waals surface area contributed by atoms with E-state index in [9.17, 15) is 4.79 Å². The average molecular weight is 340 g/mol. The maximum absolute atomic E-state index is 12.3. The minimum atomic E-state index is -0.204. The van der Waals surface area contributed by atoms with Crippen molar-refractivity contribution in [3.63, 3.8) is 0 Å². The number of carbonyl (C=O) groups is 1. The van der Waals surface area contributed by atoms with Crippen molar-refractivity contribution in [1.29, 1.82) is 0 Å². The van der Waals surface area contributed by atoms with Gasteiger partial charge in [0.25, 0.3) is 5.91 Å². The summed E-state index contributed by atoms with van der Waals surface area (Å²) >= 11 is 0. The normalized spacial score (nSPS) is 15.0. The Morgan fingerprint density at radius 3 is 2.56 bits per heavy atom. The van der Waals surface area contributed by atoms with E-state index in [2.05, 4.69) is 22.2 Å². The van der Waals surface area contributed by atoms with Crippen LogP contribution in [-0.4, -0.2) is 50.6 Å². The lowest BCUT2D eigenvalue weighted by molar-refractivity contribution is -0.118. The molecule has 1 heterocycles. The number of likely N-dealkylation sites (N-methyl/N-ethyl adjacent to an activating group) is 1. The first kappa shape index (κ1) is 17.1. The van der Waals surface area contributed by atoms with Gasteiger partial charge in [-0.3, -0.25) is 4.79 Å². The number of para-hydroxylation sites is 1. The van der Waals surface area contributed by atoms with E-state index >= 15 is 0 Å². The third-order valence-electron chi connectivity index (χ3n) is 4.25. The first-order chi connectivity index (χ1) is 12.1. The summed E-state index contributed by atoms with van der Waals surface area (Å²) in [7, 11) is 2.12. The van der Waals surface area contributed by atoms with Gasteiger partial charge in [-0.05, 0) is 37.4 Å². The number of nitrogens with zero attached hydrogens (tertiary/aromatic N) is 2. The summed E-state index contributed by atoms with van der Waals surface area (Å²) in [6, 6.07) is 14.9. The van der Waals surface area contributed by atoms with Crippen LogP contribution in [0.4, 0.5) is 17.1 Å². The van der Waals surface area contributed by atoms with E-state index in [0.717, 1.165) is 37.6 Å². The molecule has 0 spiro atoms. The Balaban J connectivity index is 1.66. The first-order valence-electron chi connectivity index (χ1n) is 8.42. The van der Waals surface area contributed by atoms with Crippen LogP contribution in [-0.2, 0) is 4.79 Å². The first-order valence-corrected chi connectivity index (χ1v) is 8.42. The summed E-state index contributed by atoms with van der Waals surface area (Å²) in [5.41, 5.74) is 8.26. The largest absolute Gasteiger partial charge is 0.484 e. The summed E-state index contributed by atoms with van der Waals surface area (Å²) in [5.74, 6) is 0.467. The molecule has 0 bridgehead atoms. The van der Waals surface area contributed by atoms with Crippen LogP contribution < -0.4 is 20.7 Å². The molecule has 6 nitrogen and oxygen atoms in total. The molecule has 1 amide bonds. The highest BCUT2D eigenvalue weighted by Crippen LogP contribution is 2.29. The molecule has 3 N–H and O–H groups in total. The quantitative estimate of drug-likeness (QED) is 0.815. The van der Waals surface area contributed by atoms with Crippen LogP contribution in [0.3, 0.4) is 0 Å². The average Bonchev–Trinajstić information content (AvgIpc) is 2.62. The van der Waals surface area contributed by atoms with Crippen molar-refractivity contribution < 1.29 is 9.53 Å². The summed E-state index contributed by atoms with van der Waals surface area (Å²) in [6.07, 6.45) is 0. The predicted octanol–water partition coefficient (Wildman–Crippen LogP) is 2.04. The maximum atomic E-state index is 12.3. The van der Waals surface area contributed by atoms with E-state index in [-0.39, 0.29) is 12.5 Å². The van der Waals surface area contributed by atoms with Crippen LogP contribution in [0.25, 0.3) is 0 Å². The number of ether oxygens (including phenoxy) is 1. The number of benzene rings is 2. The Hall–Kier alpha value is -2.73. The number of nitrogens with two attached hydrogens (primary N) is 1. The fourth-order valence-corrected chi connectivity index (χ4v) is 2.83. The maximum Gasteiger partial charge on any atom is 0.262 e. The molecule has 0 radical (unpaired) electrons. The number of anilines is 3. The van der Waals surface area contributed by atoms with Gasteiger partial charge in [-0.15, -0.1) is 0 Å². The monoisotopic (exact) mass is 340 g/mol. The van der Waals surface area contributed by atoms with E-state index < -0.39 is 0 Å². The molecule has 0 aliphatic carbocycles. The molecule has 1 saturated heterocycles. The molecule has 2 aromatic carbocycles. The second-order valence-electron chi connectivity index (χ2n) is 6.22. The molecule has 3 rings (SSSR count). The number of hydrogen-bond acceptors (Lipinski definition) is 5. The van der Waals surface area contributed by atoms with Gasteiger partial charge in [0.2, 0.25) is 0 Å². The number of amides is 1. The van der Waals surface area contributed by atoms with Crippen molar-refractivity contribution in [2.24, 2.45) is 0 Å². The second-order valence-corrected chi connectivity index (χ2v) is 6.22. The van der Waals surface area contributed by atoms with E-state index in [1.165, 1.54) is 0 Å². The topological polar surface area (TPSA) is 70.8 Å². The van der Waals surface area contributed by atoms with Crippen molar-refractivity contribution in [3.05, 3.63) is 48.5 Å². The smallest absolute Gasteiger partial charge is 0.262 e. The van der Waals surface area contributed by atoms with Gasteiger partial charge in [-0.25, -0.2) is 0 Å². The Bertz CT molecular complexity index is 713. The minimum Gasteiger partial charge on any atom is -0.484 e. The number of nitrogen functional groups attached to an aromatic ring is 1. The predicted molar refractivity (Wildman–Crippen MR) is 101 cm³/mol. The van der Waals surface area contributed by atoms with Crippen LogP contribution in [0.15, 0.2) is 48.5 Å². The van der Waals surface area contributed by atoms with Gasteiger partial charge in [0.15, 0.2) is 6.61 Å². The van der Waals surface area contributed by atoms with Crippen LogP contribution in [0.1, 0.15) is 0 Å². The molecule has 1 fully saturated rings. The van der Waals surface area contributed by atoms with Gasteiger partial charge < -0.3 is 25.6 Å². The summed E-state index contributed by atoms with van der Waals surface area (Å²) in [6.45, 7) is 3.79. The van der Waals surface area contributed by atoms with Gasteiger partial charge in [-0.1, -0.05) is 18.2 Å². The van der Waals surface area contributed by atoms with Gasteiger partial charge in [0, 0.05) is 31.9 Å². The number of hydrogen-bond donors (Lipinski definition) is 2. The lowest BCUT2D eigenvalue weighted by Crippen LogP contribution is -2.44. The summed E-state index contributed by atoms with van der Waals surface area (Å²) < 4.78 is 5.51. The molecule has 132 valence electrons. The molecule has 2 aromatic rings. The SMILES string of the molecule is CN1CCN(c2ccc(N)cc2NC(=O)COc2ccccc2)CC1. The summed E-state index contributed by atoms with van der Waals surface area (Å²) in [4.78, 5) is 16.8. The zero-order valence-electron chi connectivity index (χ0n) is 14.4. The van der Waals surface area contributed by atoms with E-state index in [1.807, 2.05) is 42.5 Å². The van der Waals surface area contributed by atoms with Crippen LogP contribution in [0, 0.1) is 0 Å². The number of nitrogens with one attached hydrogen (secondary N) is 1. The molecule has 0 atom stereocenters. The Kier molecular flexibility index (Phi) is 5.40. The van der Waals surface area contributed by atoms with Crippen LogP contribution >= 0.6 is 0 Å². The third kappa shape index (κ3) is 4.64. The van der Waals surface area contributed by atoms with Crippen LogP contribution in [0.5, 0.6) is 5.75 Å². The van der Waals surface area contributed by atoms with Crippen molar-refractivity contribution in [2.75, 3.05) is 55.8 Å². The number of carbonyl (C=O) groups excluding carboxylic acids is 1. The highest BCUT2D eigenvalue weighted by molar-refractivity contribution is 5.96. The fourth-order valence-electron chi connectivity index (χ4n) is 2.83. The molecule has 0 unspecified atom stereocenters.